The lowest BCUT2D eigenvalue weighted by molar-refractivity contribution is 0.626. The van der Waals surface area contributed by atoms with Crippen LogP contribution < -0.4 is 0 Å². The highest BCUT2D eigenvalue weighted by Gasteiger charge is 2.01. The van der Waals surface area contributed by atoms with E-state index < -0.39 is 5.82 Å². The average molecular weight is 160 g/mol. The zero-order valence-electron chi connectivity index (χ0n) is 6.21. The second-order valence-corrected chi connectivity index (χ2v) is 2.25. The normalized spacial score (nSPS) is 8.58. The zero-order valence-corrected chi connectivity index (χ0v) is 6.21. The number of nitriles is 2. The summed E-state index contributed by atoms with van der Waals surface area (Å²) in [6.45, 7) is 0. The largest absolute Gasteiger partial charge is 0.207 e. The predicted octanol–water partition coefficient (Wildman–Crippen LogP) is 1.76. The van der Waals surface area contributed by atoms with Crippen molar-refractivity contribution in [3.63, 3.8) is 0 Å². The first-order chi connectivity index (χ1) is 5.77. The second-order valence-electron chi connectivity index (χ2n) is 2.25. The van der Waals surface area contributed by atoms with Gasteiger partial charge in [0.1, 0.15) is 5.82 Å². The van der Waals surface area contributed by atoms with E-state index in [1.807, 2.05) is 12.1 Å². The summed E-state index contributed by atoms with van der Waals surface area (Å²) in [6.07, 6.45) is 0.0701. The molecule has 0 saturated carbocycles. The van der Waals surface area contributed by atoms with Crippen molar-refractivity contribution < 1.29 is 4.39 Å². The van der Waals surface area contributed by atoms with Gasteiger partial charge in [0.2, 0.25) is 0 Å². The van der Waals surface area contributed by atoms with Crippen LogP contribution in [-0.2, 0) is 6.42 Å². The lowest BCUT2D eigenvalue weighted by atomic mass is 10.1. The van der Waals surface area contributed by atoms with Crippen LogP contribution in [0.5, 0.6) is 0 Å². The number of benzene rings is 1. The van der Waals surface area contributed by atoms with Gasteiger partial charge >= 0.3 is 0 Å². The first-order valence-electron chi connectivity index (χ1n) is 3.33. The first-order valence-corrected chi connectivity index (χ1v) is 3.33. The molecule has 12 heavy (non-hydrogen) atoms. The maximum atomic E-state index is 12.6. The van der Waals surface area contributed by atoms with Crippen molar-refractivity contribution in [3.8, 4) is 12.1 Å². The molecule has 0 aliphatic heterocycles. The Balaban J connectivity index is 3.16. The Kier molecular flexibility index (Phi) is 2.40. The van der Waals surface area contributed by atoms with Gasteiger partial charge in [-0.15, -0.1) is 0 Å². The Bertz CT molecular complexity index is 371. The van der Waals surface area contributed by atoms with E-state index in [4.69, 9.17) is 10.5 Å². The Morgan fingerprint density at radius 3 is 2.67 bits per heavy atom. The Morgan fingerprint density at radius 1 is 1.33 bits per heavy atom. The van der Waals surface area contributed by atoms with Crippen LogP contribution in [0, 0.1) is 28.5 Å². The number of nitrogens with zero attached hydrogens (tertiary/aromatic N) is 2. The third-order valence-electron chi connectivity index (χ3n) is 1.46. The molecule has 0 saturated heterocycles. The molecule has 0 atom stereocenters. The molecular formula is C9H5FN2. The fourth-order valence-corrected chi connectivity index (χ4v) is 0.903. The van der Waals surface area contributed by atoms with Gasteiger partial charge in [0, 0.05) is 0 Å². The van der Waals surface area contributed by atoms with E-state index in [9.17, 15) is 4.39 Å². The molecule has 0 bridgehead atoms. The number of hydrogen-bond acceptors (Lipinski definition) is 2. The molecule has 0 spiro atoms. The molecule has 2 nitrogen and oxygen atoms in total. The molecule has 0 fully saturated rings. The minimum absolute atomic E-state index is 0.0701. The zero-order chi connectivity index (χ0) is 8.97. The quantitative estimate of drug-likeness (QED) is 0.628. The van der Waals surface area contributed by atoms with Crippen molar-refractivity contribution in [2.24, 2.45) is 0 Å². The van der Waals surface area contributed by atoms with Crippen LogP contribution in [0.3, 0.4) is 0 Å². The van der Waals surface area contributed by atoms with Crippen LogP contribution in [0.4, 0.5) is 4.39 Å². The highest BCUT2D eigenvalue weighted by molar-refractivity contribution is 5.39. The number of rotatable bonds is 1. The summed E-state index contributed by atoms with van der Waals surface area (Å²) >= 11 is 0. The molecule has 0 amide bonds. The monoisotopic (exact) mass is 160 g/mol. The molecule has 1 aromatic carbocycles. The fourth-order valence-electron chi connectivity index (χ4n) is 0.903. The summed E-state index contributed by atoms with van der Waals surface area (Å²) in [4.78, 5) is 0. The van der Waals surface area contributed by atoms with Gasteiger partial charge in [0.25, 0.3) is 0 Å². The van der Waals surface area contributed by atoms with Crippen LogP contribution in [0.25, 0.3) is 0 Å². The number of halogens is 1. The van der Waals surface area contributed by atoms with Crippen LogP contribution >= 0.6 is 0 Å². The summed E-state index contributed by atoms with van der Waals surface area (Å²) in [7, 11) is 0. The van der Waals surface area contributed by atoms with Crippen molar-refractivity contribution >= 4 is 0 Å². The molecule has 0 aliphatic carbocycles. The molecule has 3 heteroatoms. The van der Waals surface area contributed by atoms with Gasteiger partial charge in [-0.25, -0.2) is 4.39 Å². The summed E-state index contributed by atoms with van der Waals surface area (Å²) in [5.41, 5.74) is 0.804. The molecule has 1 aromatic rings. The van der Waals surface area contributed by atoms with E-state index in [0.29, 0.717) is 11.1 Å². The molecule has 0 unspecified atom stereocenters. The Morgan fingerprint density at radius 2 is 2.08 bits per heavy atom. The van der Waals surface area contributed by atoms with Crippen LogP contribution in [-0.4, -0.2) is 0 Å². The van der Waals surface area contributed by atoms with Gasteiger partial charge in [-0.1, -0.05) is 0 Å². The van der Waals surface area contributed by atoms with Gasteiger partial charge in [0.15, 0.2) is 0 Å². The third-order valence-corrected chi connectivity index (χ3v) is 1.46. The summed E-state index contributed by atoms with van der Waals surface area (Å²) in [6, 6.07) is 7.55. The van der Waals surface area contributed by atoms with E-state index in [1.54, 1.807) is 0 Å². The first kappa shape index (κ1) is 8.23. The average Bonchev–Trinajstić information content (AvgIpc) is 2.05. The molecule has 0 radical (unpaired) electrons. The van der Waals surface area contributed by atoms with E-state index in [0.717, 1.165) is 0 Å². The lowest BCUT2D eigenvalue weighted by Crippen LogP contribution is -1.89. The standard InChI is InChI=1S/C9H5FN2/c10-9-2-1-8(6-12)7(5-9)3-4-11/h1-2,5H,3H2. The van der Waals surface area contributed by atoms with Gasteiger partial charge in [-0.05, 0) is 23.8 Å². The van der Waals surface area contributed by atoms with E-state index in [-0.39, 0.29) is 6.42 Å². The van der Waals surface area contributed by atoms with E-state index in [2.05, 4.69) is 0 Å². The van der Waals surface area contributed by atoms with Crippen molar-refractivity contribution in [2.75, 3.05) is 0 Å². The van der Waals surface area contributed by atoms with Gasteiger partial charge < -0.3 is 0 Å². The molecular weight excluding hydrogens is 155 g/mol. The molecule has 0 aromatic heterocycles. The van der Waals surface area contributed by atoms with Crippen molar-refractivity contribution in [1.82, 2.24) is 0 Å². The summed E-state index contributed by atoms with van der Waals surface area (Å²) in [5.74, 6) is -0.417. The summed E-state index contributed by atoms with van der Waals surface area (Å²) in [5, 5.41) is 16.9. The lowest BCUT2D eigenvalue weighted by Gasteiger charge is -1.96. The molecule has 0 N–H and O–H groups in total. The molecule has 1 rings (SSSR count). The van der Waals surface area contributed by atoms with Gasteiger partial charge in [-0.2, -0.15) is 10.5 Å². The number of hydrogen-bond donors (Lipinski definition) is 0. The fraction of sp³-hybridized carbons (Fsp3) is 0.111. The maximum Gasteiger partial charge on any atom is 0.123 e. The van der Waals surface area contributed by atoms with E-state index in [1.165, 1.54) is 18.2 Å². The Labute approximate surface area is 69.5 Å². The Hall–Kier alpha value is -1.87. The van der Waals surface area contributed by atoms with Crippen LogP contribution in [0.2, 0.25) is 0 Å². The van der Waals surface area contributed by atoms with Crippen LogP contribution in [0.1, 0.15) is 11.1 Å². The van der Waals surface area contributed by atoms with E-state index >= 15 is 0 Å². The minimum Gasteiger partial charge on any atom is -0.207 e. The topological polar surface area (TPSA) is 47.6 Å². The van der Waals surface area contributed by atoms with Crippen LogP contribution in [0.15, 0.2) is 18.2 Å². The van der Waals surface area contributed by atoms with Gasteiger partial charge in [-0.3, -0.25) is 0 Å². The molecule has 0 aliphatic rings. The highest BCUT2D eigenvalue weighted by atomic mass is 19.1. The van der Waals surface area contributed by atoms with Crippen molar-refractivity contribution in [2.45, 2.75) is 6.42 Å². The van der Waals surface area contributed by atoms with Crippen molar-refractivity contribution in [3.05, 3.63) is 35.1 Å². The van der Waals surface area contributed by atoms with Crippen molar-refractivity contribution in [1.29, 1.82) is 10.5 Å². The summed E-state index contributed by atoms with van der Waals surface area (Å²) < 4.78 is 12.6. The maximum absolute atomic E-state index is 12.6. The predicted molar refractivity (Wildman–Crippen MR) is 40.4 cm³/mol. The third kappa shape index (κ3) is 1.59. The van der Waals surface area contributed by atoms with Gasteiger partial charge in [0.05, 0.1) is 24.1 Å². The second kappa shape index (κ2) is 3.50. The molecule has 0 heterocycles. The highest BCUT2D eigenvalue weighted by Crippen LogP contribution is 2.10. The minimum atomic E-state index is -0.417. The smallest absolute Gasteiger partial charge is 0.123 e. The SMILES string of the molecule is N#CCc1cc(F)ccc1C#N. The molecule has 58 valence electrons.